The Kier molecular flexibility index (Phi) is 17.3. The first-order chi connectivity index (χ1) is 26.7. The van der Waals surface area contributed by atoms with Crippen molar-refractivity contribution in [2.45, 2.75) is 155 Å². The fraction of sp³-hybridized carbons (Fsp3) is 0.500. The molecule has 0 bridgehead atoms. The molecule has 0 spiro atoms. The van der Waals surface area contributed by atoms with Gasteiger partial charge in [-0.3, -0.25) is 0 Å². The highest BCUT2D eigenvalue weighted by atomic mass is 32.1. The summed E-state index contributed by atoms with van der Waals surface area (Å²) in [7, 11) is 0. The van der Waals surface area contributed by atoms with Crippen molar-refractivity contribution >= 4 is 55.0 Å². The number of thiazole rings is 2. The summed E-state index contributed by atoms with van der Waals surface area (Å²) >= 11 is 7.12. The van der Waals surface area contributed by atoms with Crippen LogP contribution < -0.4 is 0 Å². The molecule has 6 heteroatoms. The standard InChI is InChI=1S/C48H62N2S4/c1-3-5-7-9-11-13-15-17-19-21-23-37-25-29-39(30-26-37)41-33-35-43(51-41)45-49-47-48(53-45)50-46(54-47)44-36-34-42(52-44)40-31-27-38(28-32-40)24-22-20-18-16-14-12-10-8-6-4-2/h25-36H,3-24H2,1-2H3. The molecule has 6 aromatic rings. The highest BCUT2D eigenvalue weighted by molar-refractivity contribution is 7.32. The van der Waals surface area contributed by atoms with Gasteiger partial charge in [-0.05, 0) is 72.2 Å². The number of unbranched alkanes of at least 4 members (excludes halogenated alkanes) is 18. The molecule has 2 nitrogen and oxygen atoms in total. The van der Waals surface area contributed by atoms with Crippen molar-refractivity contribution in [2.75, 3.05) is 0 Å². The molecule has 0 aliphatic rings. The number of benzene rings is 2. The third-order valence-corrected chi connectivity index (χ3v) is 15.4. The van der Waals surface area contributed by atoms with Crippen molar-refractivity contribution in [1.29, 1.82) is 0 Å². The number of hydrogen-bond acceptors (Lipinski definition) is 6. The topological polar surface area (TPSA) is 25.8 Å². The second-order valence-corrected chi connectivity index (χ2v) is 19.4. The van der Waals surface area contributed by atoms with E-state index in [4.69, 9.17) is 9.97 Å². The van der Waals surface area contributed by atoms with Crippen LogP contribution in [0.15, 0.2) is 72.8 Å². The van der Waals surface area contributed by atoms with Gasteiger partial charge in [-0.25, -0.2) is 9.97 Å². The Balaban J connectivity index is 0.932. The highest BCUT2D eigenvalue weighted by Crippen LogP contribution is 2.43. The van der Waals surface area contributed by atoms with E-state index >= 15 is 0 Å². The Morgan fingerprint density at radius 3 is 1.00 bits per heavy atom. The van der Waals surface area contributed by atoms with Crippen LogP contribution in [0.25, 0.3) is 50.3 Å². The molecule has 288 valence electrons. The Labute approximate surface area is 342 Å². The summed E-state index contributed by atoms with van der Waals surface area (Å²) in [5.74, 6) is 0. The molecule has 54 heavy (non-hydrogen) atoms. The predicted octanol–water partition coefficient (Wildman–Crippen LogP) is 17.5. The van der Waals surface area contributed by atoms with Crippen LogP contribution in [0, 0.1) is 0 Å². The zero-order chi connectivity index (χ0) is 37.2. The van der Waals surface area contributed by atoms with Gasteiger partial charge >= 0.3 is 0 Å². The molecule has 0 saturated carbocycles. The Morgan fingerprint density at radius 1 is 0.333 bits per heavy atom. The average Bonchev–Trinajstić information content (AvgIpc) is 4.02. The summed E-state index contributed by atoms with van der Waals surface area (Å²) < 4.78 is 0. The number of nitrogens with zero attached hydrogens (tertiary/aromatic N) is 2. The van der Waals surface area contributed by atoms with Crippen molar-refractivity contribution in [3.8, 4) is 40.7 Å². The third kappa shape index (κ3) is 12.7. The molecule has 0 aliphatic heterocycles. The normalized spacial score (nSPS) is 11.7. The van der Waals surface area contributed by atoms with Gasteiger partial charge in [0, 0.05) is 9.75 Å². The number of hydrogen-bond donors (Lipinski definition) is 0. The van der Waals surface area contributed by atoms with E-state index in [0.29, 0.717) is 0 Å². The quantitative estimate of drug-likeness (QED) is 0.0511. The average molecular weight is 795 g/mol. The zero-order valence-electron chi connectivity index (χ0n) is 33.0. The van der Waals surface area contributed by atoms with Gasteiger partial charge in [-0.15, -0.1) is 22.7 Å². The van der Waals surface area contributed by atoms with Gasteiger partial charge in [0.25, 0.3) is 0 Å². The maximum atomic E-state index is 5.05. The van der Waals surface area contributed by atoms with Gasteiger partial charge in [0.1, 0.15) is 10.0 Å². The van der Waals surface area contributed by atoms with E-state index < -0.39 is 0 Å². The lowest BCUT2D eigenvalue weighted by atomic mass is 10.0. The molecule has 0 fully saturated rings. The maximum Gasteiger partial charge on any atom is 0.155 e. The lowest BCUT2D eigenvalue weighted by molar-refractivity contribution is 0.556. The summed E-state index contributed by atoms with van der Waals surface area (Å²) in [4.78, 5) is 17.3. The smallest absolute Gasteiger partial charge is 0.155 e. The summed E-state index contributed by atoms with van der Waals surface area (Å²) in [6.45, 7) is 4.59. The van der Waals surface area contributed by atoms with E-state index in [1.165, 1.54) is 183 Å². The van der Waals surface area contributed by atoms with Crippen LogP contribution in [0.4, 0.5) is 0 Å². The Hall–Kier alpha value is -2.64. The van der Waals surface area contributed by atoms with Crippen molar-refractivity contribution in [3.05, 3.63) is 83.9 Å². The zero-order valence-corrected chi connectivity index (χ0v) is 36.3. The lowest BCUT2D eigenvalue weighted by Gasteiger charge is -2.04. The number of thiophene rings is 2. The molecule has 0 unspecified atom stereocenters. The minimum absolute atomic E-state index is 1.04. The summed E-state index contributed by atoms with van der Waals surface area (Å²) in [6, 6.07) is 27.5. The van der Waals surface area contributed by atoms with Crippen LogP contribution in [-0.4, -0.2) is 9.97 Å². The second-order valence-electron chi connectivity index (χ2n) is 15.2. The van der Waals surface area contributed by atoms with Gasteiger partial charge in [0.15, 0.2) is 9.66 Å². The molecule has 0 atom stereocenters. The van der Waals surface area contributed by atoms with E-state index in [9.17, 15) is 0 Å². The van der Waals surface area contributed by atoms with Crippen LogP contribution >= 0.6 is 45.3 Å². The van der Waals surface area contributed by atoms with Gasteiger partial charge < -0.3 is 0 Å². The minimum atomic E-state index is 1.04. The summed E-state index contributed by atoms with van der Waals surface area (Å²) in [6.07, 6.45) is 30.2. The van der Waals surface area contributed by atoms with Crippen LogP contribution in [0.1, 0.15) is 153 Å². The van der Waals surface area contributed by atoms with Crippen molar-refractivity contribution in [1.82, 2.24) is 9.97 Å². The minimum Gasteiger partial charge on any atom is -0.222 e. The van der Waals surface area contributed by atoms with E-state index in [0.717, 1.165) is 19.7 Å². The van der Waals surface area contributed by atoms with Crippen LogP contribution in [-0.2, 0) is 12.8 Å². The van der Waals surface area contributed by atoms with E-state index in [-0.39, 0.29) is 0 Å². The van der Waals surface area contributed by atoms with Crippen molar-refractivity contribution in [2.24, 2.45) is 0 Å². The van der Waals surface area contributed by atoms with E-state index in [2.05, 4.69) is 86.6 Å². The summed E-state index contributed by atoms with van der Waals surface area (Å²) in [5.41, 5.74) is 5.52. The number of aryl methyl sites for hydroxylation is 2. The van der Waals surface area contributed by atoms with E-state index in [1.807, 2.05) is 22.7 Å². The largest absolute Gasteiger partial charge is 0.222 e. The SMILES string of the molecule is CCCCCCCCCCCCc1ccc(-c2ccc(-c3nc4sc(-c5ccc(-c6ccc(CCCCCCCCCCCC)cc6)s5)nc4s3)s2)cc1. The number of fused-ring (bicyclic) bond motifs is 1. The summed E-state index contributed by atoms with van der Waals surface area (Å²) in [5, 5.41) is 2.16. The number of aromatic nitrogens is 2. The van der Waals surface area contributed by atoms with Crippen molar-refractivity contribution < 1.29 is 0 Å². The van der Waals surface area contributed by atoms with Crippen molar-refractivity contribution in [3.63, 3.8) is 0 Å². The maximum absolute atomic E-state index is 5.05. The first-order valence-electron chi connectivity index (χ1n) is 21.4. The van der Waals surface area contributed by atoms with Crippen LogP contribution in [0.5, 0.6) is 0 Å². The first-order valence-corrected chi connectivity index (χ1v) is 24.6. The molecule has 4 heterocycles. The van der Waals surface area contributed by atoms with Crippen LogP contribution in [0.3, 0.4) is 0 Å². The molecule has 4 aromatic heterocycles. The Bertz CT molecular complexity index is 1740. The molecule has 0 saturated heterocycles. The monoisotopic (exact) mass is 794 g/mol. The molecule has 2 aromatic carbocycles. The van der Waals surface area contributed by atoms with Gasteiger partial charge in [-0.1, -0.05) is 201 Å². The highest BCUT2D eigenvalue weighted by Gasteiger charge is 2.16. The van der Waals surface area contributed by atoms with Gasteiger partial charge in [0.05, 0.1) is 9.75 Å². The first kappa shape index (κ1) is 41.0. The van der Waals surface area contributed by atoms with Gasteiger partial charge in [0.2, 0.25) is 0 Å². The predicted molar refractivity (Wildman–Crippen MR) is 244 cm³/mol. The third-order valence-electron chi connectivity index (χ3n) is 10.7. The fourth-order valence-corrected chi connectivity index (χ4v) is 11.5. The molecular weight excluding hydrogens is 733 g/mol. The molecule has 0 radical (unpaired) electrons. The second kappa shape index (κ2) is 22.8. The molecule has 0 aliphatic carbocycles. The van der Waals surface area contributed by atoms with Gasteiger partial charge in [-0.2, -0.15) is 0 Å². The Morgan fingerprint density at radius 2 is 0.648 bits per heavy atom. The lowest BCUT2D eigenvalue weighted by Crippen LogP contribution is -1.87. The molecule has 6 rings (SSSR count). The van der Waals surface area contributed by atoms with E-state index in [1.54, 1.807) is 22.7 Å². The van der Waals surface area contributed by atoms with Crippen LogP contribution in [0.2, 0.25) is 0 Å². The molecular formula is C48H62N2S4. The molecule has 0 amide bonds. The fourth-order valence-electron chi connectivity index (χ4n) is 7.37. The molecule has 0 N–H and O–H groups in total. The number of rotatable bonds is 26.